The first-order chi connectivity index (χ1) is 19.1. The van der Waals surface area contributed by atoms with Crippen molar-refractivity contribution in [3.63, 3.8) is 0 Å². The normalized spacial score (nSPS) is 23.3. The topological polar surface area (TPSA) is 36.0 Å². The van der Waals surface area contributed by atoms with Gasteiger partial charge in [0, 0.05) is 38.1 Å². The molecule has 5 nitrogen and oxygen atoms in total. The highest BCUT2D eigenvalue weighted by atomic mass is 19.4. The van der Waals surface area contributed by atoms with E-state index < -0.39 is 47.4 Å². The Morgan fingerprint density at radius 3 is 2.05 bits per heavy atom. The second-order valence-corrected chi connectivity index (χ2v) is 11.0. The van der Waals surface area contributed by atoms with Crippen molar-refractivity contribution in [1.82, 2.24) is 14.7 Å². The smallest absolute Gasteiger partial charge is 0.370 e. The molecule has 1 heterocycles. The van der Waals surface area contributed by atoms with E-state index in [0.29, 0.717) is 43.6 Å². The van der Waals surface area contributed by atoms with Gasteiger partial charge in [0.05, 0.1) is 29.9 Å². The summed E-state index contributed by atoms with van der Waals surface area (Å²) < 4.78 is 101. The minimum absolute atomic E-state index is 0.0279. The van der Waals surface area contributed by atoms with Crippen molar-refractivity contribution in [2.45, 2.75) is 56.3 Å². The van der Waals surface area contributed by atoms with Crippen molar-refractivity contribution in [3.05, 3.63) is 70.5 Å². The lowest BCUT2D eigenvalue weighted by Gasteiger charge is -2.36. The molecule has 0 N–H and O–H groups in total. The van der Waals surface area contributed by atoms with E-state index in [1.54, 1.807) is 17.0 Å². The minimum Gasteiger partial charge on any atom is -0.370 e. The Morgan fingerprint density at radius 2 is 1.51 bits per heavy atom. The summed E-state index contributed by atoms with van der Waals surface area (Å²) in [6.07, 6.45) is -10.6. The number of halogens is 7. The molecule has 4 atom stereocenters. The summed E-state index contributed by atoms with van der Waals surface area (Å²) in [4.78, 5) is 18.9. The predicted molar refractivity (Wildman–Crippen MR) is 139 cm³/mol. The Kier molecular flexibility index (Phi) is 9.35. The van der Waals surface area contributed by atoms with Crippen LogP contribution in [0, 0.1) is 5.82 Å². The number of benzene rings is 2. The number of carbonyl (C=O) groups is 1. The maximum Gasteiger partial charge on any atom is 0.416 e. The van der Waals surface area contributed by atoms with Gasteiger partial charge in [0.15, 0.2) is 0 Å². The van der Waals surface area contributed by atoms with Gasteiger partial charge in [0.2, 0.25) is 5.91 Å². The molecule has 1 saturated heterocycles. The fourth-order valence-electron chi connectivity index (χ4n) is 5.75. The highest BCUT2D eigenvalue weighted by Gasteiger charge is 2.42. The van der Waals surface area contributed by atoms with Crippen LogP contribution < -0.4 is 0 Å². The monoisotopic (exact) mass is 589 g/mol. The maximum atomic E-state index is 13.8. The summed E-state index contributed by atoms with van der Waals surface area (Å²) in [5.41, 5.74) is -2.34. The molecular weight excluding hydrogens is 555 g/mol. The highest BCUT2D eigenvalue weighted by Crippen LogP contribution is 2.43. The predicted octanol–water partition coefficient (Wildman–Crippen LogP) is 5.96. The Hall–Kier alpha value is -2.70. The van der Waals surface area contributed by atoms with Crippen molar-refractivity contribution in [2.24, 2.45) is 0 Å². The molecule has 226 valence electrons. The largest absolute Gasteiger partial charge is 0.416 e. The first kappa shape index (κ1) is 31.2. The van der Waals surface area contributed by atoms with E-state index in [4.69, 9.17) is 4.74 Å². The van der Waals surface area contributed by atoms with Gasteiger partial charge in [0.25, 0.3) is 0 Å². The third-order valence-electron chi connectivity index (χ3n) is 8.08. The van der Waals surface area contributed by atoms with Crippen molar-refractivity contribution in [1.29, 1.82) is 0 Å². The van der Waals surface area contributed by atoms with Gasteiger partial charge in [-0.3, -0.25) is 9.69 Å². The Morgan fingerprint density at radius 1 is 0.951 bits per heavy atom. The molecule has 0 aromatic heterocycles. The Bertz CT molecular complexity index is 1160. The van der Waals surface area contributed by atoms with Crippen LogP contribution in [0.5, 0.6) is 0 Å². The van der Waals surface area contributed by atoms with Gasteiger partial charge in [0.1, 0.15) is 5.82 Å². The zero-order chi connectivity index (χ0) is 30.1. The van der Waals surface area contributed by atoms with E-state index in [9.17, 15) is 35.5 Å². The summed E-state index contributed by atoms with van der Waals surface area (Å²) in [6, 6.07) is 7.02. The molecule has 0 unspecified atom stereocenters. The van der Waals surface area contributed by atoms with Gasteiger partial charge in [-0.25, -0.2) is 4.39 Å². The molecule has 1 aliphatic carbocycles. The van der Waals surface area contributed by atoms with Gasteiger partial charge in [-0.15, -0.1) is 0 Å². The van der Waals surface area contributed by atoms with Crippen LogP contribution in [0.25, 0.3) is 0 Å². The second kappa shape index (κ2) is 12.3. The summed E-state index contributed by atoms with van der Waals surface area (Å²) in [5.74, 6) is -0.868. The summed E-state index contributed by atoms with van der Waals surface area (Å²) in [5, 5.41) is 0. The molecule has 1 amide bonds. The van der Waals surface area contributed by atoms with Gasteiger partial charge in [-0.1, -0.05) is 12.1 Å². The molecule has 0 spiro atoms. The van der Waals surface area contributed by atoms with Crippen LogP contribution in [0.3, 0.4) is 0 Å². The van der Waals surface area contributed by atoms with Crippen molar-refractivity contribution in [3.8, 4) is 0 Å². The molecule has 4 rings (SSSR count). The summed E-state index contributed by atoms with van der Waals surface area (Å²) in [6.45, 7) is 4.35. The van der Waals surface area contributed by atoms with E-state index in [1.165, 1.54) is 19.1 Å². The first-order valence-corrected chi connectivity index (χ1v) is 13.5. The molecule has 2 aliphatic rings. The average Bonchev–Trinajstić information content (AvgIpc) is 3.31. The molecule has 0 radical (unpaired) electrons. The summed E-state index contributed by atoms with van der Waals surface area (Å²) in [7, 11) is 3.80. The first-order valence-electron chi connectivity index (χ1n) is 13.5. The average molecular weight is 590 g/mol. The van der Waals surface area contributed by atoms with Gasteiger partial charge in [-0.05, 0) is 75.3 Å². The third-order valence-corrected chi connectivity index (χ3v) is 8.08. The van der Waals surface area contributed by atoms with Crippen LogP contribution in [0.4, 0.5) is 30.7 Å². The zero-order valence-electron chi connectivity index (χ0n) is 23.1. The lowest BCUT2D eigenvalue weighted by molar-refractivity contribution is -0.143. The number of nitrogens with zero attached hydrogens (tertiary/aromatic N) is 3. The van der Waals surface area contributed by atoms with Gasteiger partial charge < -0.3 is 14.5 Å². The maximum absolute atomic E-state index is 13.8. The number of hydrogen-bond donors (Lipinski definition) is 0. The third kappa shape index (κ3) is 7.58. The van der Waals surface area contributed by atoms with E-state index in [1.807, 2.05) is 19.0 Å². The highest BCUT2D eigenvalue weighted by molar-refractivity contribution is 5.78. The van der Waals surface area contributed by atoms with Crippen molar-refractivity contribution >= 4 is 5.91 Å². The molecule has 1 saturated carbocycles. The second-order valence-electron chi connectivity index (χ2n) is 11.0. The van der Waals surface area contributed by atoms with Crippen molar-refractivity contribution in [2.75, 3.05) is 46.8 Å². The zero-order valence-corrected chi connectivity index (χ0v) is 23.1. The van der Waals surface area contributed by atoms with E-state index in [0.717, 1.165) is 13.1 Å². The number of hydrogen-bond acceptors (Lipinski definition) is 4. The number of ether oxygens (including phenoxy) is 1. The van der Waals surface area contributed by atoms with Crippen LogP contribution in [0.1, 0.15) is 54.0 Å². The van der Waals surface area contributed by atoms with E-state index in [-0.39, 0.29) is 30.1 Å². The Balaban J connectivity index is 1.57. The number of alkyl halides is 6. The standard InChI is InChI=1S/C29H34F7N3O2/c1-18(20-14-21(28(31,32)33)16-22(15-20)29(34,35)36)41-25-9-8-24(27(25)19-4-6-23(30)7-5-19)38(3)17-26(40)39-12-10-37(2)11-13-39/h4-7,14-16,18,24-25,27H,8-13,17H2,1-3H3/t18-,24-,25+,27+/m1/s1. The number of carbonyl (C=O) groups excluding carboxylic acids is 1. The molecule has 2 fully saturated rings. The molecule has 2 aromatic rings. The number of rotatable bonds is 7. The van der Waals surface area contributed by atoms with E-state index in [2.05, 4.69) is 4.90 Å². The molecule has 0 bridgehead atoms. The van der Waals surface area contributed by atoms with Crippen LogP contribution in [-0.4, -0.2) is 79.6 Å². The lowest BCUT2D eigenvalue weighted by Crippen LogP contribution is -2.51. The lowest BCUT2D eigenvalue weighted by atomic mass is 9.91. The molecular formula is C29H34F7N3O2. The van der Waals surface area contributed by atoms with Crippen LogP contribution >= 0.6 is 0 Å². The van der Waals surface area contributed by atoms with Crippen molar-refractivity contribution < 1.29 is 40.3 Å². The minimum atomic E-state index is -4.97. The fourth-order valence-corrected chi connectivity index (χ4v) is 5.75. The SMILES string of the molecule is C[C@@H](O[C@H]1CC[C@@H](N(C)CC(=O)N2CCN(C)CC2)[C@@H]1c1ccc(F)cc1)c1cc(C(F)(F)F)cc(C(F)(F)F)c1. The quantitative estimate of drug-likeness (QED) is 0.374. The van der Waals surface area contributed by atoms with Crippen LogP contribution in [0.2, 0.25) is 0 Å². The van der Waals surface area contributed by atoms with E-state index >= 15 is 0 Å². The van der Waals surface area contributed by atoms with Crippen LogP contribution in [0.15, 0.2) is 42.5 Å². The Labute approximate surface area is 234 Å². The number of likely N-dealkylation sites (N-methyl/N-ethyl adjacent to an activating group) is 2. The van der Waals surface area contributed by atoms with Crippen LogP contribution in [-0.2, 0) is 21.9 Å². The fraction of sp³-hybridized carbons (Fsp3) is 0.552. The molecule has 12 heteroatoms. The number of piperazine rings is 1. The molecule has 41 heavy (non-hydrogen) atoms. The number of amides is 1. The van der Waals surface area contributed by atoms with Gasteiger partial charge >= 0.3 is 12.4 Å². The molecule has 1 aliphatic heterocycles. The van der Waals surface area contributed by atoms with Gasteiger partial charge in [-0.2, -0.15) is 26.3 Å². The summed E-state index contributed by atoms with van der Waals surface area (Å²) >= 11 is 0. The molecule has 2 aromatic carbocycles.